The largest absolute Gasteiger partial charge is 0.488 e. The summed E-state index contributed by atoms with van der Waals surface area (Å²) in [6, 6.07) is 31.4. The molecule has 14 nitrogen and oxygen atoms in total. The first-order chi connectivity index (χ1) is 28.6. The van der Waals surface area contributed by atoms with Gasteiger partial charge in [-0.3, -0.25) is 19.7 Å². The number of aldehydes is 1. The Morgan fingerprint density at radius 2 is 0.915 bits per heavy atom. The number of hydrogen-bond acceptors (Lipinski definition) is 14. The lowest BCUT2D eigenvalue weighted by molar-refractivity contribution is 0.0854. The maximum absolute atomic E-state index is 10.2. The number of carbonyl (C=O) groups excluding carboxylic acids is 1. The molecular formula is C42H40B3N5O9. The summed E-state index contributed by atoms with van der Waals surface area (Å²) in [6.45, 7) is 3.59. The first-order valence-corrected chi connectivity index (χ1v) is 18.3. The molecule has 0 aliphatic carbocycles. The van der Waals surface area contributed by atoms with Crippen molar-refractivity contribution in [1.29, 1.82) is 0 Å². The number of oxime groups is 2. The van der Waals surface area contributed by atoms with Crippen LogP contribution in [0.25, 0.3) is 6.08 Å². The van der Waals surface area contributed by atoms with Gasteiger partial charge < -0.3 is 39.8 Å². The minimum Gasteiger partial charge on any atom is -0.423 e. The Morgan fingerprint density at radius 1 is 0.525 bits per heavy atom. The van der Waals surface area contributed by atoms with E-state index in [0.717, 1.165) is 39.2 Å². The van der Waals surface area contributed by atoms with E-state index in [1.807, 2.05) is 60.7 Å². The summed E-state index contributed by atoms with van der Waals surface area (Å²) in [4.78, 5) is 33.1. The van der Waals surface area contributed by atoms with Crippen molar-refractivity contribution in [3.63, 3.8) is 0 Å². The predicted octanol–water partition coefficient (Wildman–Crippen LogP) is 2.16. The summed E-state index contributed by atoms with van der Waals surface area (Å²) in [7, 11) is -4.36. The van der Waals surface area contributed by atoms with Crippen LogP contribution >= 0.6 is 0 Å². The minimum absolute atomic E-state index is 0.109. The lowest BCUT2D eigenvalue weighted by Crippen LogP contribution is -2.29. The molecular weight excluding hydrogens is 751 g/mol. The van der Waals surface area contributed by atoms with Gasteiger partial charge in [-0.25, -0.2) is 0 Å². The molecule has 0 saturated heterocycles. The van der Waals surface area contributed by atoms with Gasteiger partial charge >= 0.3 is 21.4 Å². The number of hydrogen-bond donors (Lipinski definition) is 6. The fourth-order valence-electron chi connectivity index (χ4n) is 5.52. The summed E-state index contributed by atoms with van der Waals surface area (Å²) < 4.78 is 0. The zero-order chi connectivity index (χ0) is 42.0. The van der Waals surface area contributed by atoms with Gasteiger partial charge in [0.05, 0.1) is 11.4 Å². The van der Waals surface area contributed by atoms with Crippen LogP contribution in [0.15, 0.2) is 163 Å². The van der Waals surface area contributed by atoms with Gasteiger partial charge in [0.1, 0.15) is 6.29 Å². The van der Waals surface area contributed by atoms with Gasteiger partial charge in [-0.05, 0) is 51.3 Å². The van der Waals surface area contributed by atoms with E-state index < -0.39 is 21.4 Å². The number of nitrogens with zero attached hydrogens (tertiary/aromatic N) is 5. The Balaban J connectivity index is 0.000000159. The van der Waals surface area contributed by atoms with E-state index in [-0.39, 0.29) is 12.2 Å². The third-order valence-electron chi connectivity index (χ3n) is 8.83. The molecule has 5 heterocycles. The molecule has 6 N–H and O–H groups in total. The Bertz CT molecular complexity index is 2140. The van der Waals surface area contributed by atoms with Gasteiger partial charge in [0, 0.05) is 66.7 Å². The monoisotopic (exact) mass is 791 g/mol. The second-order valence-corrected chi connectivity index (χ2v) is 12.9. The number of aromatic nitrogens is 3. The van der Waals surface area contributed by atoms with Gasteiger partial charge in [-0.15, -0.1) is 0 Å². The molecule has 0 saturated carbocycles. The Kier molecular flexibility index (Phi) is 16.5. The second kappa shape index (κ2) is 22.4. The summed E-state index contributed by atoms with van der Waals surface area (Å²) >= 11 is 0. The van der Waals surface area contributed by atoms with E-state index in [9.17, 15) is 4.79 Å². The lowest BCUT2D eigenvalue weighted by atomic mass is 9.80. The van der Waals surface area contributed by atoms with Gasteiger partial charge in [0.2, 0.25) is 0 Å². The predicted molar refractivity (Wildman–Crippen MR) is 227 cm³/mol. The van der Waals surface area contributed by atoms with Gasteiger partial charge in [-0.2, -0.15) is 0 Å². The number of pyridine rings is 3. The van der Waals surface area contributed by atoms with Crippen LogP contribution in [0.4, 0.5) is 0 Å². The average Bonchev–Trinajstić information content (AvgIpc) is 4.00. The van der Waals surface area contributed by atoms with Crippen molar-refractivity contribution in [2.24, 2.45) is 10.3 Å². The molecule has 8 rings (SSSR count). The molecule has 59 heavy (non-hydrogen) atoms. The zero-order valence-electron chi connectivity index (χ0n) is 31.7. The highest BCUT2D eigenvalue weighted by atomic mass is 16.6. The normalized spacial score (nSPS) is 14.7. The van der Waals surface area contributed by atoms with E-state index in [2.05, 4.69) is 31.8 Å². The Hall–Kier alpha value is -6.59. The average molecular weight is 791 g/mol. The van der Waals surface area contributed by atoms with E-state index in [4.69, 9.17) is 39.8 Å². The molecule has 3 aromatic carbocycles. The number of rotatable bonds is 9. The van der Waals surface area contributed by atoms with Crippen LogP contribution in [0.5, 0.6) is 0 Å². The highest BCUT2D eigenvalue weighted by Gasteiger charge is 2.25. The van der Waals surface area contributed by atoms with Crippen molar-refractivity contribution in [3.05, 3.63) is 186 Å². The number of benzene rings is 3. The maximum Gasteiger partial charge on any atom is 0.488 e. The van der Waals surface area contributed by atoms with Crippen molar-refractivity contribution in [2.45, 2.75) is 25.0 Å². The van der Waals surface area contributed by atoms with Gasteiger partial charge in [0.25, 0.3) is 0 Å². The first-order valence-electron chi connectivity index (χ1n) is 18.3. The van der Waals surface area contributed by atoms with Crippen LogP contribution in [0, 0.1) is 0 Å². The molecule has 0 bridgehead atoms. The third kappa shape index (κ3) is 13.2. The van der Waals surface area contributed by atoms with Gasteiger partial charge in [-0.1, -0.05) is 114 Å². The van der Waals surface area contributed by atoms with Crippen molar-refractivity contribution >= 4 is 61.5 Å². The zero-order valence-corrected chi connectivity index (χ0v) is 31.7. The molecule has 0 amide bonds. The molecule has 2 atom stereocenters. The summed E-state index contributed by atoms with van der Waals surface area (Å²) in [5, 5.41) is 61.8. The molecule has 0 radical (unpaired) electrons. The molecule has 3 aromatic heterocycles. The lowest BCUT2D eigenvalue weighted by Gasteiger charge is -2.07. The van der Waals surface area contributed by atoms with E-state index in [0.29, 0.717) is 41.1 Å². The summed E-state index contributed by atoms with van der Waals surface area (Å²) in [5.41, 5.74) is 8.39. The summed E-state index contributed by atoms with van der Waals surface area (Å²) in [6.07, 6.45) is 14.1. The molecule has 6 aromatic rings. The molecule has 0 spiro atoms. The molecule has 2 aliphatic rings. The SMILES string of the molecule is C=Cc1cccnc1.O=Cc1ccc(B(O)O)cc1.OB(O)c1ccc(C2=NOC(c3cccnc3)C2)cc1.OB(O)c1ccc(C2=NOC(c3cccnc3)C2)cc1. The second-order valence-electron chi connectivity index (χ2n) is 12.9. The fraction of sp³-hybridized carbons (Fsp3) is 0.0952. The van der Waals surface area contributed by atoms with E-state index in [1.165, 1.54) is 24.3 Å². The Labute approximate surface area is 342 Å². The molecule has 2 unspecified atom stereocenters. The molecule has 2 aliphatic heterocycles. The quantitative estimate of drug-likeness (QED) is 0.0917. The van der Waals surface area contributed by atoms with Crippen LogP contribution in [0.3, 0.4) is 0 Å². The standard InChI is InChI=1S/2C14H13BN2O3.C7H7BO3.C7H7N/c2*18-15(19)12-5-3-10(4-6-12)13-8-14(20-17-13)11-2-1-7-16-9-11;9-5-6-1-3-7(4-2-6)8(10)11;1-2-7-4-3-5-8-6-7/h2*1-7,9,14,18-19H,8H2;1-5,10-11H;2-6H,1H2. The van der Waals surface area contributed by atoms with E-state index in [1.54, 1.807) is 67.5 Å². The van der Waals surface area contributed by atoms with Crippen molar-refractivity contribution in [3.8, 4) is 0 Å². The topological polar surface area (TPSA) is 220 Å². The van der Waals surface area contributed by atoms with Crippen LogP contribution in [-0.2, 0) is 9.68 Å². The van der Waals surface area contributed by atoms with Crippen molar-refractivity contribution in [2.75, 3.05) is 0 Å². The summed E-state index contributed by atoms with van der Waals surface area (Å²) in [5.74, 6) is 0. The van der Waals surface area contributed by atoms with E-state index >= 15 is 0 Å². The van der Waals surface area contributed by atoms with Crippen LogP contribution < -0.4 is 16.4 Å². The smallest absolute Gasteiger partial charge is 0.423 e. The highest BCUT2D eigenvalue weighted by molar-refractivity contribution is 6.59. The van der Waals surface area contributed by atoms with Gasteiger partial charge in [0.15, 0.2) is 12.2 Å². The van der Waals surface area contributed by atoms with Crippen molar-refractivity contribution in [1.82, 2.24) is 15.0 Å². The van der Waals surface area contributed by atoms with Crippen LogP contribution in [-0.4, -0.2) is 84.2 Å². The minimum atomic E-state index is -1.46. The fourth-order valence-corrected chi connectivity index (χ4v) is 5.52. The molecule has 0 fully saturated rings. The molecule has 17 heteroatoms. The number of carbonyl (C=O) groups is 1. The third-order valence-corrected chi connectivity index (χ3v) is 8.83. The van der Waals surface area contributed by atoms with Crippen LogP contribution in [0.1, 0.15) is 63.2 Å². The maximum atomic E-state index is 10.2. The Morgan fingerprint density at radius 3 is 1.22 bits per heavy atom. The van der Waals surface area contributed by atoms with Crippen LogP contribution in [0.2, 0.25) is 0 Å². The first kappa shape index (κ1) is 43.5. The van der Waals surface area contributed by atoms with Crippen molar-refractivity contribution < 1.29 is 44.6 Å². The molecule has 296 valence electrons. The highest BCUT2D eigenvalue weighted by Crippen LogP contribution is 2.29.